The highest BCUT2D eigenvalue weighted by atomic mass is 32.2. The molecule has 1 fully saturated rings. The molecule has 9 nitrogen and oxygen atoms in total. The van der Waals surface area contributed by atoms with Crippen molar-refractivity contribution < 1.29 is 17.9 Å². The van der Waals surface area contributed by atoms with Gasteiger partial charge in [0.15, 0.2) is 0 Å². The lowest BCUT2D eigenvalue weighted by Gasteiger charge is -2.22. The Morgan fingerprint density at radius 1 is 1.65 bits per heavy atom. The third kappa shape index (κ3) is 3.32. The summed E-state index contributed by atoms with van der Waals surface area (Å²) < 4.78 is 32.8. The Morgan fingerprint density at radius 3 is 3.10 bits per heavy atom. The minimum Gasteiger partial charge on any atom is -0.465 e. The normalized spacial score (nSPS) is 20.1. The highest BCUT2D eigenvalue weighted by molar-refractivity contribution is 7.87. The van der Waals surface area contributed by atoms with Crippen LogP contribution in [0.3, 0.4) is 0 Å². The number of H-pyrrole nitrogens is 1. The first kappa shape index (κ1) is 14.9. The van der Waals surface area contributed by atoms with E-state index in [9.17, 15) is 13.2 Å². The molecule has 20 heavy (non-hydrogen) atoms. The van der Waals surface area contributed by atoms with Crippen LogP contribution in [-0.4, -0.2) is 53.1 Å². The number of carbonyl (C=O) groups is 1. The predicted octanol–water partition coefficient (Wildman–Crippen LogP) is -0.833. The van der Waals surface area contributed by atoms with Crippen molar-refractivity contribution in [1.82, 2.24) is 24.2 Å². The quantitative estimate of drug-likeness (QED) is 0.662. The van der Waals surface area contributed by atoms with E-state index in [1.54, 1.807) is 6.92 Å². The Morgan fingerprint density at radius 2 is 2.45 bits per heavy atom. The van der Waals surface area contributed by atoms with Crippen molar-refractivity contribution in [1.29, 1.82) is 0 Å². The molecule has 0 radical (unpaired) electrons. The van der Waals surface area contributed by atoms with E-state index in [4.69, 9.17) is 4.74 Å². The Balaban J connectivity index is 2.02. The summed E-state index contributed by atoms with van der Waals surface area (Å²) in [5.74, 6) is -0.101. The van der Waals surface area contributed by atoms with Crippen molar-refractivity contribution >= 4 is 16.2 Å². The maximum absolute atomic E-state index is 12.2. The molecule has 0 amide bonds. The number of carbonyl (C=O) groups excluding carboxylic acids is 1. The Labute approximate surface area is 116 Å². The summed E-state index contributed by atoms with van der Waals surface area (Å²) in [5.41, 5.74) is 0. The lowest BCUT2D eigenvalue weighted by atomic mass is 10.2. The van der Waals surface area contributed by atoms with Gasteiger partial charge in [0.05, 0.1) is 13.2 Å². The Bertz CT molecular complexity index is 544. The maximum Gasteiger partial charge on any atom is 0.324 e. The Hall–Kier alpha value is -1.52. The molecule has 1 aliphatic heterocycles. The van der Waals surface area contributed by atoms with Crippen molar-refractivity contribution in [3.05, 3.63) is 12.2 Å². The number of aromatic amines is 1. The van der Waals surface area contributed by atoms with Gasteiger partial charge in [-0.15, -0.1) is 0 Å². The van der Waals surface area contributed by atoms with E-state index in [2.05, 4.69) is 19.9 Å². The minimum absolute atomic E-state index is 0.00558. The fourth-order valence-electron chi connectivity index (χ4n) is 2.06. The van der Waals surface area contributed by atoms with E-state index >= 15 is 0 Å². The van der Waals surface area contributed by atoms with Crippen LogP contribution in [0.2, 0.25) is 0 Å². The van der Waals surface area contributed by atoms with Crippen LogP contribution < -0.4 is 4.72 Å². The summed E-state index contributed by atoms with van der Waals surface area (Å²) >= 11 is 0. The third-order valence-corrected chi connectivity index (χ3v) is 4.52. The molecule has 0 saturated carbocycles. The molecule has 1 saturated heterocycles. The summed E-state index contributed by atoms with van der Waals surface area (Å²) in [7, 11) is -3.75. The van der Waals surface area contributed by atoms with Crippen LogP contribution >= 0.6 is 0 Å². The van der Waals surface area contributed by atoms with E-state index in [-0.39, 0.29) is 13.2 Å². The average Bonchev–Trinajstić information content (AvgIpc) is 3.08. The summed E-state index contributed by atoms with van der Waals surface area (Å²) in [6, 6.07) is -0.748. The second kappa shape index (κ2) is 6.29. The van der Waals surface area contributed by atoms with Gasteiger partial charge in [0.1, 0.15) is 18.2 Å². The largest absolute Gasteiger partial charge is 0.465 e. The van der Waals surface area contributed by atoms with Gasteiger partial charge in [0.2, 0.25) is 0 Å². The molecule has 2 rings (SSSR count). The molecular weight excluding hydrogens is 286 g/mol. The summed E-state index contributed by atoms with van der Waals surface area (Å²) in [4.78, 5) is 15.6. The molecule has 0 bridgehead atoms. The first-order valence-corrected chi connectivity index (χ1v) is 7.76. The molecule has 1 unspecified atom stereocenters. The number of nitrogens with zero attached hydrogens (tertiary/aromatic N) is 3. The molecule has 10 heteroatoms. The maximum atomic E-state index is 12.2. The summed E-state index contributed by atoms with van der Waals surface area (Å²) in [6.45, 7) is 2.21. The molecule has 112 valence electrons. The van der Waals surface area contributed by atoms with Gasteiger partial charge in [-0.25, -0.2) is 4.98 Å². The fraction of sp³-hybridized carbons (Fsp3) is 0.700. The zero-order valence-corrected chi connectivity index (χ0v) is 11.9. The van der Waals surface area contributed by atoms with Gasteiger partial charge in [0.25, 0.3) is 10.2 Å². The molecule has 1 aliphatic rings. The van der Waals surface area contributed by atoms with Gasteiger partial charge in [-0.2, -0.15) is 22.5 Å². The monoisotopic (exact) mass is 303 g/mol. The molecule has 0 aliphatic carbocycles. The molecule has 2 N–H and O–H groups in total. The highest BCUT2D eigenvalue weighted by Crippen LogP contribution is 2.21. The standard InChI is InChI=1S/C10H17N5O4S/c1-2-19-10(16)8-4-3-5-15(8)20(17,18)13-6-9-11-7-12-14-9/h7-8,13H,2-6H2,1H3,(H,11,12,14). The molecule has 0 aromatic carbocycles. The van der Waals surface area contributed by atoms with Crippen LogP contribution in [-0.2, 0) is 26.3 Å². The topological polar surface area (TPSA) is 117 Å². The van der Waals surface area contributed by atoms with Crippen molar-refractivity contribution in [2.45, 2.75) is 32.4 Å². The van der Waals surface area contributed by atoms with Crippen LogP contribution in [0.1, 0.15) is 25.6 Å². The minimum atomic E-state index is -3.75. The van der Waals surface area contributed by atoms with Crippen LogP contribution in [0.4, 0.5) is 0 Å². The van der Waals surface area contributed by atoms with E-state index < -0.39 is 22.2 Å². The van der Waals surface area contributed by atoms with Gasteiger partial charge < -0.3 is 4.74 Å². The van der Waals surface area contributed by atoms with Gasteiger partial charge in [-0.05, 0) is 19.8 Å². The van der Waals surface area contributed by atoms with Gasteiger partial charge >= 0.3 is 5.97 Å². The van der Waals surface area contributed by atoms with E-state index in [0.717, 1.165) is 4.31 Å². The molecule has 0 spiro atoms. The van der Waals surface area contributed by atoms with Crippen molar-refractivity contribution in [2.75, 3.05) is 13.2 Å². The number of hydrogen-bond acceptors (Lipinski definition) is 6. The lowest BCUT2D eigenvalue weighted by Crippen LogP contribution is -2.46. The predicted molar refractivity (Wildman–Crippen MR) is 68.5 cm³/mol. The van der Waals surface area contributed by atoms with Crippen LogP contribution in [0.15, 0.2) is 6.33 Å². The van der Waals surface area contributed by atoms with E-state index in [1.807, 2.05) is 0 Å². The zero-order valence-electron chi connectivity index (χ0n) is 11.1. The number of nitrogens with one attached hydrogen (secondary N) is 2. The molecule has 2 heterocycles. The van der Waals surface area contributed by atoms with E-state index in [0.29, 0.717) is 25.2 Å². The first-order chi connectivity index (χ1) is 9.54. The fourth-order valence-corrected chi connectivity index (χ4v) is 3.44. The second-order valence-electron chi connectivity index (χ2n) is 4.28. The van der Waals surface area contributed by atoms with Crippen LogP contribution in [0.5, 0.6) is 0 Å². The average molecular weight is 303 g/mol. The number of esters is 1. The van der Waals surface area contributed by atoms with Crippen molar-refractivity contribution in [3.8, 4) is 0 Å². The van der Waals surface area contributed by atoms with Crippen molar-refractivity contribution in [3.63, 3.8) is 0 Å². The van der Waals surface area contributed by atoms with Gasteiger partial charge in [-0.3, -0.25) is 9.89 Å². The number of rotatable bonds is 6. The summed E-state index contributed by atoms with van der Waals surface area (Å²) in [5, 5.41) is 6.19. The second-order valence-corrected chi connectivity index (χ2v) is 5.99. The van der Waals surface area contributed by atoms with Crippen molar-refractivity contribution in [2.24, 2.45) is 0 Å². The third-order valence-electron chi connectivity index (χ3n) is 2.96. The van der Waals surface area contributed by atoms with Gasteiger partial charge in [0, 0.05) is 6.54 Å². The molecular formula is C10H17N5O4S. The van der Waals surface area contributed by atoms with Crippen LogP contribution in [0.25, 0.3) is 0 Å². The lowest BCUT2D eigenvalue weighted by molar-refractivity contribution is -0.146. The summed E-state index contributed by atoms with van der Waals surface area (Å²) in [6.07, 6.45) is 2.40. The SMILES string of the molecule is CCOC(=O)C1CCCN1S(=O)(=O)NCc1ncn[nH]1. The molecule has 1 aromatic heterocycles. The number of aromatic nitrogens is 3. The number of hydrogen-bond donors (Lipinski definition) is 2. The van der Waals surface area contributed by atoms with Gasteiger partial charge in [-0.1, -0.05) is 0 Å². The smallest absolute Gasteiger partial charge is 0.324 e. The molecule has 1 aromatic rings. The number of ether oxygens (including phenoxy) is 1. The molecule has 1 atom stereocenters. The first-order valence-electron chi connectivity index (χ1n) is 6.32. The van der Waals surface area contributed by atoms with Crippen LogP contribution in [0, 0.1) is 0 Å². The van der Waals surface area contributed by atoms with E-state index in [1.165, 1.54) is 6.33 Å². The zero-order chi connectivity index (χ0) is 14.6. The Kier molecular flexibility index (Phi) is 4.68. The highest BCUT2D eigenvalue weighted by Gasteiger charge is 2.39.